The van der Waals surface area contributed by atoms with Crippen LogP contribution in [0.4, 0.5) is 5.69 Å². The number of carbonyl (C=O) groups is 2. The fourth-order valence-electron chi connectivity index (χ4n) is 3.54. The van der Waals surface area contributed by atoms with Gasteiger partial charge in [0.2, 0.25) is 0 Å². The van der Waals surface area contributed by atoms with Crippen molar-refractivity contribution < 1.29 is 14.8 Å². The van der Waals surface area contributed by atoms with E-state index in [-0.39, 0.29) is 17.0 Å². The molecule has 0 fully saturated rings. The molecule has 0 saturated carbocycles. The molecule has 0 saturated heterocycles. The number of hydrogen-bond acceptors (Lipinski definition) is 5. The molecule has 0 radical (unpaired) electrons. The minimum Gasteiger partial charge on any atom is -0.322 e. The Labute approximate surface area is 166 Å². The number of nitrogens with one attached hydrogen (secondary N) is 2. The zero-order chi connectivity index (χ0) is 20.4. The summed E-state index contributed by atoms with van der Waals surface area (Å²) in [5, 5.41) is 11.9. The lowest BCUT2D eigenvalue weighted by Crippen LogP contribution is -2.24. The molecule has 2 amide bonds. The Bertz CT molecular complexity index is 1150. The third-order valence-electron chi connectivity index (χ3n) is 5.08. The van der Waals surface area contributed by atoms with Crippen molar-refractivity contribution in [2.75, 3.05) is 5.32 Å². The molecule has 1 aromatic heterocycles. The lowest BCUT2D eigenvalue weighted by Gasteiger charge is -2.11. The predicted molar refractivity (Wildman–Crippen MR) is 107 cm³/mol. The van der Waals surface area contributed by atoms with Crippen molar-refractivity contribution in [3.8, 4) is 0 Å². The second-order valence-electron chi connectivity index (χ2n) is 7.00. The highest BCUT2D eigenvalue weighted by atomic mass is 16.5. The number of anilines is 1. The highest BCUT2D eigenvalue weighted by Crippen LogP contribution is 2.19. The quantitative estimate of drug-likeness (QED) is 0.468. The predicted octanol–water partition coefficient (Wildman–Crippen LogP) is 2.49. The van der Waals surface area contributed by atoms with Gasteiger partial charge < -0.3 is 5.32 Å². The molecule has 29 heavy (non-hydrogen) atoms. The first-order valence-electron chi connectivity index (χ1n) is 9.46. The first-order valence-corrected chi connectivity index (χ1v) is 9.46. The van der Waals surface area contributed by atoms with Crippen LogP contribution in [0, 0.1) is 0 Å². The van der Waals surface area contributed by atoms with Crippen LogP contribution in [-0.4, -0.2) is 26.6 Å². The maximum Gasteiger partial charge on any atom is 0.274 e. The third kappa shape index (κ3) is 3.74. The Morgan fingerprint density at radius 1 is 0.966 bits per heavy atom. The summed E-state index contributed by atoms with van der Waals surface area (Å²) in [5.74, 6) is -0.203. The van der Waals surface area contributed by atoms with E-state index in [1.54, 1.807) is 28.2 Å². The van der Waals surface area contributed by atoms with Crippen LogP contribution in [0.25, 0.3) is 10.9 Å². The van der Waals surface area contributed by atoms with Crippen LogP contribution in [-0.2, 0) is 13.0 Å². The number of hydroxylamine groups is 1. The van der Waals surface area contributed by atoms with Crippen molar-refractivity contribution in [1.29, 1.82) is 0 Å². The number of hydrogen-bond donors (Lipinski definition) is 3. The van der Waals surface area contributed by atoms with E-state index in [1.807, 2.05) is 0 Å². The third-order valence-corrected chi connectivity index (χ3v) is 5.08. The summed E-state index contributed by atoms with van der Waals surface area (Å²) in [5.41, 5.74) is 3.15. The number of aryl methyl sites for hydroxylation is 1. The minimum absolute atomic E-state index is 0.0811. The van der Waals surface area contributed by atoms with Crippen LogP contribution in [0.5, 0.6) is 0 Å². The van der Waals surface area contributed by atoms with Gasteiger partial charge in [0, 0.05) is 29.8 Å². The van der Waals surface area contributed by atoms with Crippen molar-refractivity contribution in [3.63, 3.8) is 0 Å². The molecular weight excluding hydrogens is 372 g/mol. The van der Waals surface area contributed by atoms with Gasteiger partial charge in [-0.25, -0.2) is 10.5 Å². The monoisotopic (exact) mass is 392 g/mol. The Balaban J connectivity index is 1.61. The van der Waals surface area contributed by atoms with Crippen molar-refractivity contribution in [3.05, 3.63) is 69.8 Å². The van der Waals surface area contributed by atoms with Gasteiger partial charge in [-0.3, -0.25) is 24.2 Å². The second kappa shape index (κ2) is 7.84. The maximum atomic E-state index is 12.9. The zero-order valence-electron chi connectivity index (χ0n) is 15.6. The van der Waals surface area contributed by atoms with Crippen LogP contribution >= 0.6 is 0 Å². The van der Waals surface area contributed by atoms with E-state index in [2.05, 4.69) is 10.3 Å². The molecule has 8 heteroatoms. The number of amides is 2. The van der Waals surface area contributed by atoms with E-state index < -0.39 is 5.91 Å². The maximum absolute atomic E-state index is 12.9. The normalized spacial score (nSPS) is 13.4. The Morgan fingerprint density at radius 2 is 1.69 bits per heavy atom. The van der Waals surface area contributed by atoms with Gasteiger partial charge in [-0.15, -0.1) is 0 Å². The molecule has 4 rings (SSSR count). The topological polar surface area (TPSA) is 113 Å². The highest BCUT2D eigenvalue weighted by Gasteiger charge is 2.15. The van der Waals surface area contributed by atoms with E-state index in [0.717, 1.165) is 31.5 Å². The number of benzene rings is 2. The average molecular weight is 392 g/mol. The van der Waals surface area contributed by atoms with Crippen LogP contribution in [0.15, 0.2) is 47.3 Å². The number of fused-ring (bicyclic) bond motifs is 2. The van der Waals surface area contributed by atoms with Crippen molar-refractivity contribution in [2.45, 2.75) is 32.2 Å². The highest BCUT2D eigenvalue weighted by molar-refractivity contribution is 6.05. The van der Waals surface area contributed by atoms with Crippen molar-refractivity contribution in [1.82, 2.24) is 15.0 Å². The smallest absolute Gasteiger partial charge is 0.274 e. The number of aromatic nitrogens is 2. The molecule has 3 aromatic rings. The van der Waals surface area contributed by atoms with Gasteiger partial charge in [0.25, 0.3) is 17.4 Å². The zero-order valence-corrected chi connectivity index (χ0v) is 15.6. The lowest BCUT2D eigenvalue weighted by atomic mass is 10.1. The molecule has 148 valence electrons. The van der Waals surface area contributed by atoms with E-state index in [9.17, 15) is 14.4 Å². The Hall–Kier alpha value is -3.52. The summed E-state index contributed by atoms with van der Waals surface area (Å²) < 4.78 is 1.74. The molecule has 0 unspecified atom stereocenters. The molecule has 8 nitrogen and oxygen atoms in total. The molecular formula is C21H20N4O4. The van der Waals surface area contributed by atoms with Crippen LogP contribution in [0.1, 0.15) is 45.8 Å². The summed E-state index contributed by atoms with van der Waals surface area (Å²) in [7, 11) is 0. The first kappa shape index (κ1) is 18.8. The van der Waals surface area contributed by atoms with E-state index in [0.29, 0.717) is 28.7 Å². The second-order valence-corrected chi connectivity index (χ2v) is 7.00. The van der Waals surface area contributed by atoms with Gasteiger partial charge in [-0.2, -0.15) is 0 Å². The van der Waals surface area contributed by atoms with Gasteiger partial charge in [0.1, 0.15) is 5.82 Å². The standard InChI is InChI=1S/C21H20N4O4/c26-19(13-5-7-14(8-6-13)20(27)24-29)22-15-9-10-17-16(12-15)21(28)25-11-3-1-2-4-18(25)23-17/h5-10,12,29H,1-4,11H2,(H,22,26)(H,24,27). The van der Waals surface area contributed by atoms with Crippen LogP contribution in [0.3, 0.4) is 0 Å². The average Bonchev–Trinajstić information content (AvgIpc) is 2.99. The fourth-order valence-corrected chi connectivity index (χ4v) is 3.54. The van der Waals surface area contributed by atoms with Crippen LogP contribution < -0.4 is 16.4 Å². The molecule has 0 aliphatic carbocycles. The van der Waals surface area contributed by atoms with E-state index in [4.69, 9.17) is 5.21 Å². The molecule has 2 heterocycles. The number of carbonyl (C=O) groups excluding carboxylic acids is 2. The van der Waals surface area contributed by atoms with Crippen molar-refractivity contribution >= 4 is 28.4 Å². The molecule has 1 aliphatic rings. The van der Waals surface area contributed by atoms with Gasteiger partial charge in [-0.1, -0.05) is 6.42 Å². The minimum atomic E-state index is -0.654. The Kier molecular flexibility index (Phi) is 5.09. The first-order chi connectivity index (χ1) is 14.1. The molecule has 0 spiro atoms. The molecule has 1 aliphatic heterocycles. The largest absolute Gasteiger partial charge is 0.322 e. The molecule has 3 N–H and O–H groups in total. The number of rotatable bonds is 3. The summed E-state index contributed by atoms with van der Waals surface area (Å²) in [4.78, 5) is 41.4. The SMILES string of the molecule is O=C(NO)c1ccc(C(=O)Nc2ccc3nc4n(c(=O)c3c2)CCCCC4)cc1. The number of nitrogens with zero attached hydrogens (tertiary/aromatic N) is 2. The van der Waals surface area contributed by atoms with Gasteiger partial charge in [0.05, 0.1) is 10.9 Å². The molecule has 0 atom stereocenters. The van der Waals surface area contributed by atoms with Gasteiger partial charge in [-0.05, 0) is 55.3 Å². The summed E-state index contributed by atoms with van der Waals surface area (Å²) in [6.45, 7) is 0.668. The van der Waals surface area contributed by atoms with Crippen molar-refractivity contribution in [2.24, 2.45) is 0 Å². The Morgan fingerprint density at radius 3 is 2.41 bits per heavy atom. The van der Waals surface area contributed by atoms with E-state index >= 15 is 0 Å². The van der Waals surface area contributed by atoms with Gasteiger partial charge >= 0.3 is 0 Å². The molecule has 2 aromatic carbocycles. The van der Waals surface area contributed by atoms with Crippen LogP contribution in [0.2, 0.25) is 0 Å². The summed E-state index contributed by atoms with van der Waals surface area (Å²) in [6.07, 6.45) is 3.87. The molecule has 0 bridgehead atoms. The summed E-state index contributed by atoms with van der Waals surface area (Å²) >= 11 is 0. The van der Waals surface area contributed by atoms with E-state index in [1.165, 1.54) is 24.3 Å². The summed E-state index contributed by atoms with van der Waals surface area (Å²) in [6, 6.07) is 10.9. The lowest BCUT2D eigenvalue weighted by molar-refractivity contribution is 0.0706. The fraction of sp³-hybridized carbons (Fsp3) is 0.238. The van der Waals surface area contributed by atoms with Gasteiger partial charge in [0.15, 0.2) is 0 Å².